The lowest BCUT2D eigenvalue weighted by atomic mass is 9.93. The fraction of sp³-hybridized carbons (Fsp3) is 0.915. The second-order valence-electron chi connectivity index (χ2n) is 17.7. The Balaban J connectivity index is 2.95. The molecule has 1 rings (SSSR count). The van der Waals surface area contributed by atoms with Gasteiger partial charge in [-0.1, -0.05) is 175 Å². The van der Waals surface area contributed by atoms with E-state index >= 15 is 0 Å². The number of aliphatic carboxylic acids is 1. The fourth-order valence-electron chi connectivity index (χ4n) is 8.11. The van der Waals surface area contributed by atoms with Crippen LogP contribution in [-0.4, -0.2) is 98.8 Å². The standard InChI is InChI=1S/C47H89N3O9/c1-5-7-9-11-13-15-16-17-18-19-20-21-23-25-27-29-34-50(41(53)32-28-26-24-22-14-12-10-8-6-2)47-43(45(57)44(56)39(36-51)59-47)49-46(58)38(35-37(3)4)48-40(52)31-30-33-42(54)55/h37-39,43-45,47,51,56-57H,5-36H2,1-4H3,(H,48,52)(H,49,58)(H,54,55)/t38-,39+,43-,44+,45+,47+/m0/s1. The third kappa shape index (κ3) is 25.9. The molecule has 0 aromatic carbocycles. The van der Waals surface area contributed by atoms with Crippen LogP contribution < -0.4 is 10.6 Å². The summed E-state index contributed by atoms with van der Waals surface area (Å²) in [5.41, 5.74) is 0. The number of unbranched alkanes of at least 4 members (excludes halogenated alkanes) is 23. The van der Waals surface area contributed by atoms with Gasteiger partial charge in [0.1, 0.15) is 30.4 Å². The van der Waals surface area contributed by atoms with Gasteiger partial charge in [-0.05, 0) is 31.6 Å². The molecule has 0 spiro atoms. The molecule has 346 valence electrons. The highest BCUT2D eigenvalue weighted by atomic mass is 16.5. The van der Waals surface area contributed by atoms with E-state index < -0.39 is 61.0 Å². The van der Waals surface area contributed by atoms with Gasteiger partial charge in [0, 0.05) is 25.8 Å². The predicted molar refractivity (Wildman–Crippen MR) is 236 cm³/mol. The van der Waals surface area contributed by atoms with E-state index in [1.807, 2.05) is 13.8 Å². The first-order valence-corrected chi connectivity index (χ1v) is 24.2. The van der Waals surface area contributed by atoms with E-state index in [-0.39, 0.29) is 43.9 Å². The minimum atomic E-state index is -1.56. The van der Waals surface area contributed by atoms with E-state index in [0.717, 1.165) is 38.5 Å². The molecular formula is C47H89N3O9. The van der Waals surface area contributed by atoms with E-state index in [9.17, 15) is 34.5 Å². The third-order valence-electron chi connectivity index (χ3n) is 11.7. The van der Waals surface area contributed by atoms with Gasteiger partial charge in [0.15, 0.2) is 6.23 Å². The molecule has 12 nitrogen and oxygen atoms in total. The van der Waals surface area contributed by atoms with E-state index in [0.29, 0.717) is 19.4 Å². The number of carbonyl (C=O) groups is 4. The Hall–Kier alpha value is -2.28. The summed E-state index contributed by atoms with van der Waals surface area (Å²) < 4.78 is 6.19. The summed E-state index contributed by atoms with van der Waals surface area (Å²) in [7, 11) is 0. The van der Waals surface area contributed by atoms with Gasteiger partial charge in [0.05, 0.1) is 6.61 Å². The first-order chi connectivity index (χ1) is 28.5. The molecule has 0 unspecified atom stereocenters. The second kappa shape index (κ2) is 35.3. The number of nitrogens with zero attached hydrogens (tertiary/aromatic N) is 1. The quantitative estimate of drug-likeness (QED) is 0.0331. The molecule has 1 saturated heterocycles. The maximum Gasteiger partial charge on any atom is 0.303 e. The molecule has 59 heavy (non-hydrogen) atoms. The topological polar surface area (TPSA) is 186 Å². The van der Waals surface area contributed by atoms with Gasteiger partial charge in [-0.2, -0.15) is 0 Å². The Morgan fingerprint density at radius 1 is 0.610 bits per heavy atom. The molecule has 0 aromatic rings. The van der Waals surface area contributed by atoms with E-state index in [2.05, 4.69) is 24.5 Å². The summed E-state index contributed by atoms with van der Waals surface area (Å²) in [6.07, 6.45) is 24.6. The second-order valence-corrected chi connectivity index (χ2v) is 17.7. The summed E-state index contributed by atoms with van der Waals surface area (Å²) in [5, 5.41) is 47.0. The van der Waals surface area contributed by atoms with Gasteiger partial charge >= 0.3 is 5.97 Å². The predicted octanol–water partition coefficient (Wildman–Crippen LogP) is 8.71. The molecule has 1 heterocycles. The molecule has 1 aliphatic rings. The van der Waals surface area contributed by atoms with Crippen LogP contribution in [0.2, 0.25) is 0 Å². The Morgan fingerprint density at radius 2 is 1.07 bits per heavy atom. The molecule has 12 heteroatoms. The van der Waals surface area contributed by atoms with Crippen molar-refractivity contribution in [2.24, 2.45) is 5.92 Å². The zero-order valence-corrected chi connectivity index (χ0v) is 37.9. The molecule has 0 saturated carbocycles. The van der Waals surface area contributed by atoms with Crippen LogP contribution in [0.5, 0.6) is 0 Å². The van der Waals surface area contributed by atoms with Crippen LogP contribution in [-0.2, 0) is 23.9 Å². The number of rotatable bonds is 38. The monoisotopic (exact) mass is 840 g/mol. The Labute approximate surface area is 358 Å². The zero-order chi connectivity index (χ0) is 43.7. The van der Waals surface area contributed by atoms with Crippen molar-refractivity contribution in [3.8, 4) is 0 Å². The highest BCUT2D eigenvalue weighted by Gasteiger charge is 2.48. The van der Waals surface area contributed by atoms with Crippen molar-refractivity contribution in [2.45, 2.75) is 257 Å². The minimum absolute atomic E-state index is 0.00192. The molecule has 0 radical (unpaired) electrons. The van der Waals surface area contributed by atoms with Crippen molar-refractivity contribution in [3.05, 3.63) is 0 Å². The molecule has 0 bridgehead atoms. The summed E-state index contributed by atoms with van der Waals surface area (Å²) in [4.78, 5) is 53.2. The van der Waals surface area contributed by atoms with Gasteiger partial charge in [-0.3, -0.25) is 19.2 Å². The van der Waals surface area contributed by atoms with Crippen molar-refractivity contribution in [1.82, 2.24) is 15.5 Å². The van der Waals surface area contributed by atoms with Gasteiger partial charge in [-0.25, -0.2) is 0 Å². The lowest BCUT2D eigenvalue weighted by Gasteiger charge is -2.47. The number of amides is 3. The normalized spacial score (nSPS) is 19.8. The van der Waals surface area contributed by atoms with Crippen LogP contribution in [0.3, 0.4) is 0 Å². The molecular weight excluding hydrogens is 751 g/mol. The first-order valence-electron chi connectivity index (χ1n) is 24.2. The number of ether oxygens (including phenoxy) is 1. The van der Waals surface area contributed by atoms with Gasteiger partial charge < -0.3 is 40.7 Å². The molecule has 0 aromatic heterocycles. The van der Waals surface area contributed by atoms with E-state index in [4.69, 9.17) is 9.84 Å². The van der Waals surface area contributed by atoms with Crippen molar-refractivity contribution in [3.63, 3.8) is 0 Å². The van der Waals surface area contributed by atoms with Crippen molar-refractivity contribution in [2.75, 3.05) is 13.2 Å². The highest BCUT2D eigenvalue weighted by Crippen LogP contribution is 2.26. The SMILES string of the molecule is CCCCCCCCCCCCCCCCCCN(C(=O)CCCCCCCCCCC)[C@@H]1O[C@H](CO)[C@@H](O)[C@H](O)[C@@H]1NC(=O)[C@H](CC(C)C)NC(=O)CCCC(=O)O. The molecule has 1 fully saturated rings. The Morgan fingerprint density at radius 3 is 1.51 bits per heavy atom. The number of aliphatic hydroxyl groups excluding tert-OH is 3. The molecule has 0 aliphatic carbocycles. The number of carboxylic acids is 1. The largest absolute Gasteiger partial charge is 0.481 e. The van der Waals surface area contributed by atoms with Crippen LogP contribution in [0, 0.1) is 5.92 Å². The van der Waals surface area contributed by atoms with Crippen molar-refractivity contribution >= 4 is 23.7 Å². The average molecular weight is 840 g/mol. The maximum absolute atomic E-state index is 14.1. The lowest BCUT2D eigenvalue weighted by Crippen LogP contribution is -2.70. The van der Waals surface area contributed by atoms with Crippen LogP contribution in [0.25, 0.3) is 0 Å². The summed E-state index contributed by atoms with van der Waals surface area (Å²) >= 11 is 0. The molecule has 6 N–H and O–H groups in total. The number of carboxylic acid groups (broad SMARTS) is 1. The maximum atomic E-state index is 14.1. The summed E-state index contributed by atoms with van der Waals surface area (Å²) in [6, 6.07) is -2.23. The van der Waals surface area contributed by atoms with Crippen LogP contribution in [0.4, 0.5) is 0 Å². The van der Waals surface area contributed by atoms with Gasteiger partial charge in [0.25, 0.3) is 0 Å². The minimum Gasteiger partial charge on any atom is -0.481 e. The molecule has 6 atom stereocenters. The highest BCUT2D eigenvalue weighted by molar-refractivity contribution is 5.88. The van der Waals surface area contributed by atoms with E-state index in [1.165, 1.54) is 109 Å². The number of hydrogen-bond acceptors (Lipinski definition) is 8. The summed E-state index contributed by atoms with van der Waals surface area (Å²) in [6.45, 7) is 8.02. The Kier molecular flexibility index (Phi) is 32.8. The number of nitrogens with one attached hydrogen (secondary N) is 2. The van der Waals surface area contributed by atoms with Gasteiger partial charge in [0.2, 0.25) is 17.7 Å². The fourth-order valence-corrected chi connectivity index (χ4v) is 8.11. The first kappa shape index (κ1) is 54.7. The number of aliphatic hydroxyl groups is 3. The Bertz CT molecular complexity index is 1090. The van der Waals surface area contributed by atoms with Crippen LogP contribution >= 0.6 is 0 Å². The third-order valence-corrected chi connectivity index (χ3v) is 11.7. The zero-order valence-electron chi connectivity index (χ0n) is 37.9. The number of carbonyl (C=O) groups excluding carboxylic acids is 3. The van der Waals surface area contributed by atoms with Crippen molar-refractivity contribution in [1.29, 1.82) is 0 Å². The van der Waals surface area contributed by atoms with Gasteiger partial charge in [-0.15, -0.1) is 0 Å². The molecule has 1 aliphatic heterocycles. The van der Waals surface area contributed by atoms with Crippen molar-refractivity contribution < 1.29 is 44.3 Å². The van der Waals surface area contributed by atoms with E-state index in [1.54, 1.807) is 4.90 Å². The van der Waals surface area contributed by atoms with Crippen LogP contribution in [0.15, 0.2) is 0 Å². The summed E-state index contributed by atoms with van der Waals surface area (Å²) in [5.74, 6) is -2.24. The van der Waals surface area contributed by atoms with Crippen LogP contribution in [0.1, 0.15) is 220 Å². The smallest absolute Gasteiger partial charge is 0.303 e. The average Bonchev–Trinajstić information content (AvgIpc) is 3.20. The lowest BCUT2D eigenvalue weighted by molar-refractivity contribution is -0.231. The molecule has 3 amide bonds. The number of hydrogen-bond donors (Lipinski definition) is 6.